The van der Waals surface area contributed by atoms with E-state index in [1.54, 1.807) is 0 Å². The van der Waals surface area contributed by atoms with E-state index in [9.17, 15) is 4.79 Å². The lowest BCUT2D eigenvalue weighted by Gasteiger charge is -2.14. The fraction of sp³-hybridized carbons (Fsp3) is 0.364. The van der Waals surface area contributed by atoms with Gasteiger partial charge in [0.25, 0.3) is 5.91 Å². The number of hydrogen-bond donors (Lipinski definition) is 1. The van der Waals surface area contributed by atoms with Crippen LogP contribution in [0.4, 0.5) is 0 Å². The van der Waals surface area contributed by atoms with Crippen LogP contribution < -0.4 is 5.73 Å². The summed E-state index contributed by atoms with van der Waals surface area (Å²) in [5.41, 5.74) is 8.16. The van der Waals surface area contributed by atoms with E-state index in [4.69, 9.17) is 10.5 Å². The minimum Gasteiger partial charge on any atom is -0.367 e. The minimum absolute atomic E-state index is 0.473. The van der Waals surface area contributed by atoms with Gasteiger partial charge in [-0.05, 0) is 30.5 Å². The van der Waals surface area contributed by atoms with Crippen LogP contribution in [0.2, 0.25) is 0 Å². The number of aryl methyl sites for hydroxylation is 2. The summed E-state index contributed by atoms with van der Waals surface area (Å²) in [6, 6.07) is 3.80. The van der Waals surface area contributed by atoms with E-state index in [0.717, 1.165) is 21.2 Å². The molecule has 15 heavy (non-hydrogen) atoms. The maximum absolute atomic E-state index is 11.1. The Labute approximate surface area is 97.7 Å². The summed E-state index contributed by atoms with van der Waals surface area (Å²) in [7, 11) is 1.47. The molecular weight excluding hydrogens is 258 g/mol. The van der Waals surface area contributed by atoms with Gasteiger partial charge in [0.1, 0.15) is 0 Å². The van der Waals surface area contributed by atoms with Gasteiger partial charge in [-0.2, -0.15) is 0 Å². The molecule has 1 atom stereocenters. The second-order valence-corrected chi connectivity index (χ2v) is 4.28. The van der Waals surface area contributed by atoms with Crippen molar-refractivity contribution < 1.29 is 9.53 Å². The quantitative estimate of drug-likeness (QED) is 0.917. The molecule has 0 spiro atoms. The summed E-state index contributed by atoms with van der Waals surface area (Å²) in [6.45, 7) is 3.93. The normalized spacial score (nSPS) is 12.5. The Kier molecular flexibility index (Phi) is 3.88. The Morgan fingerprint density at radius 1 is 1.40 bits per heavy atom. The SMILES string of the molecule is COC(C(N)=O)c1cc(C)c(Br)c(C)c1. The van der Waals surface area contributed by atoms with Crippen molar-refractivity contribution in [3.05, 3.63) is 33.3 Å². The van der Waals surface area contributed by atoms with Crippen molar-refractivity contribution >= 4 is 21.8 Å². The number of rotatable bonds is 3. The van der Waals surface area contributed by atoms with Crippen LogP contribution in [0.5, 0.6) is 0 Å². The molecule has 2 N–H and O–H groups in total. The van der Waals surface area contributed by atoms with Gasteiger partial charge >= 0.3 is 0 Å². The highest BCUT2D eigenvalue weighted by molar-refractivity contribution is 9.10. The first kappa shape index (κ1) is 12.2. The zero-order chi connectivity index (χ0) is 11.6. The third-order valence-electron chi connectivity index (χ3n) is 2.26. The van der Waals surface area contributed by atoms with E-state index in [1.807, 2.05) is 26.0 Å². The number of hydrogen-bond acceptors (Lipinski definition) is 2. The maximum atomic E-state index is 11.1. The van der Waals surface area contributed by atoms with Crippen molar-refractivity contribution in [3.63, 3.8) is 0 Å². The summed E-state index contributed by atoms with van der Waals surface area (Å²) in [6.07, 6.45) is -0.671. The Morgan fingerprint density at radius 3 is 2.20 bits per heavy atom. The molecule has 1 unspecified atom stereocenters. The smallest absolute Gasteiger partial charge is 0.251 e. The van der Waals surface area contributed by atoms with Gasteiger partial charge in [0, 0.05) is 11.6 Å². The lowest BCUT2D eigenvalue weighted by molar-refractivity contribution is -0.128. The molecule has 3 nitrogen and oxygen atoms in total. The van der Waals surface area contributed by atoms with Crippen LogP contribution in [-0.2, 0) is 9.53 Å². The molecule has 1 amide bonds. The number of ether oxygens (including phenoxy) is 1. The van der Waals surface area contributed by atoms with E-state index >= 15 is 0 Å². The van der Waals surface area contributed by atoms with Gasteiger partial charge in [-0.15, -0.1) is 0 Å². The molecular formula is C11H14BrNO2. The molecule has 0 aliphatic carbocycles. The maximum Gasteiger partial charge on any atom is 0.251 e. The number of amides is 1. The number of carbonyl (C=O) groups is 1. The van der Waals surface area contributed by atoms with E-state index in [0.29, 0.717) is 0 Å². The molecule has 1 rings (SSSR count). The molecule has 1 aromatic carbocycles. The van der Waals surface area contributed by atoms with E-state index in [2.05, 4.69) is 15.9 Å². The summed E-state index contributed by atoms with van der Waals surface area (Å²) in [5, 5.41) is 0. The summed E-state index contributed by atoms with van der Waals surface area (Å²) >= 11 is 3.46. The predicted molar refractivity (Wildman–Crippen MR) is 62.6 cm³/mol. The standard InChI is InChI=1S/C11H14BrNO2/c1-6-4-8(5-7(2)9(6)12)10(15-3)11(13)14/h4-5,10H,1-3H3,(H2,13,14). The molecule has 0 saturated carbocycles. The largest absolute Gasteiger partial charge is 0.367 e. The van der Waals surface area contributed by atoms with Crippen LogP contribution in [0, 0.1) is 13.8 Å². The van der Waals surface area contributed by atoms with E-state index < -0.39 is 12.0 Å². The Balaban J connectivity index is 3.20. The van der Waals surface area contributed by atoms with Crippen LogP contribution in [0.1, 0.15) is 22.8 Å². The average molecular weight is 272 g/mol. The lowest BCUT2D eigenvalue weighted by Crippen LogP contribution is -2.23. The van der Waals surface area contributed by atoms with Crippen LogP contribution in [0.25, 0.3) is 0 Å². The third-order valence-corrected chi connectivity index (χ3v) is 3.51. The van der Waals surface area contributed by atoms with Gasteiger partial charge in [-0.1, -0.05) is 28.1 Å². The molecule has 0 aliphatic rings. The second-order valence-electron chi connectivity index (χ2n) is 3.49. The summed E-state index contributed by atoms with van der Waals surface area (Å²) in [4.78, 5) is 11.1. The topological polar surface area (TPSA) is 52.3 Å². The van der Waals surface area contributed by atoms with Crippen molar-refractivity contribution in [2.45, 2.75) is 20.0 Å². The zero-order valence-corrected chi connectivity index (χ0v) is 10.6. The first-order valence-electron chi connectivity index (χ1n) is 4.56. The van der Waals surface area contributed by atoms with Crippen LogP contribution in [-0.4, -0.2) is 13.0 Å². The lowest BCUT2D eigenvalue weighted by atomic mass is 10.0. The number of primary amides is 1. The molecule has 0 heterocycles. The van der Waals surface area contributed by atoms with Crippen molar-refractivity contribution in [3.8, 4) is 0 Å². The molecule has 82 valence electrons. The summed E-state index contributed by atoms with van der Waals surface area (Å²) < 4.78 is 6.10. The highest BCUT2D eigenvalue weighted by Crippen LogP contribution is 2.26. The van der Waals surface area contributed by atoms with Crippen molar-refractivity contribution in [2.24, 2.45) is 5.73 Å². The predicted octanol–water partition coefficient (Wildman–Crippen LogP) is 2.24. The van der Waals surface area contributed by atoms with Gasteiger partial charge < -0.3 is 10.5 Å². The molecule has 0 bridgehead atoms. The highest BCUT2D eigenvalue weighted by Gasteiger charge is 2.18. The highest BCUT2D eigenvalue weighted by atomic mass is 79.9. The molecule has 0 fully saturated rings. The van der Waals surface area contributed by atoms with Crippen molar-refractivity contribution in [1.82, 2.24) is 0 Å². The first-order chi connectivity index (χ1) is 6.97. The monoisotopic (exact) mass is 271 g/mol. The molecule has 0 aromatic heterocycles. The van der Waals surface area contributed by atoms with Gasteiger partial charge in [0.05, 0.1) is 0 Å². The van der Waals surface area contributed by atoms with Gasteiger partial charge in [0.15, 0.2) is 6.10 Å². The van der Waals surface area contributed by atoms with Gasteiger partial charge in [0.2, 0.25) is 0 Å². The first-order valence-corrected chi connectivity index (χ1v) is 5.35. The van der Waals surface area contributed by atoms with E-state index in [1.165, 1.54) is 7.11 Å². The molecule has 0 radical (unpaired) electrons. The number of halogens is 1. The minimum atomic E-state index is -0.671. The Morgan fingerprint density at radius 2 is 1.87 bits per heavy atom. The van der Waals surface area contributed by atoms with E-state index in [-0.39, 0.29) is 0 Å². The van der Waals surface area contributed by atoms with Crippen molar-refractivity contribution in [1.29, 1.82) is 0 Å². The molecule has 1 aromatic rings. The van der Waals surface area contributed by atoms with Crippen LogP contribution in [0.15, 0.2) is 16.6 Å². The third kappa shape index (κ3) is 2.58. The van der Waals surface area contributed by atoms with Gasteiger partial charge in [-0.3, -0.25) is 4.79 Å². The molecule has 0 saturated heterocycles. The van der Waals surface area contributed by atoms with Crippen LogP contribution >= 0.6 is 15.9 Å². The average Bonchev–Trinajstić information content (AvgIpc) is 2.14. The zero-order valence-electron chi connectivity index (χ0n) is 9.00. The van der Waals surface area contributed by atoms with Crippen LogP contribution in [0.3, 0.4) is 0 Å². The number of nitrogens with two attached hydrogens (primary N) is 1. The Hall–Kier alpha value is -0.870. The fourth-order valence-corrected chi connectivity index (χ4v) is 1.78. The van der Waals surface area contributed by atoms with Crippen molar-refractivity contribution in [2.75, 3.05) is 7.11 Å². The number of methoxy groups -OCH3 is 1. The number of carbonyl (C=O) groups excluding carboxylic acids is 1. The summed E-state index contributed by atoms with van der Waals surface area (Å²) in [5.74, 6) is -0.473. The molecule has 0 aliphatic heterocycles. The fourth-order valence-electron chi connectivity index (χ4n) is 1.55. The molecule has 4 heteroatoms. The van der Waals surface area contributed by atoms with Gasteiger partial charge in [-0.25, -0.2) is 0 Å². The number of benzene rings is 1. The Bertz CT molecular complexity index is 367. The second kappa shape index (κ2) is 4.77.